The smallest absolute Gasteiger partial charge is 0.230 e. The van der Waals surface area contributed by atoms with Crippen molar-refractivity contribution in [2.45, 2.75) is 42.9 Å². The summed E-state index contributed by atoms with van der Waals surface area (Å²) in [5.74, 6) is 0.111. The number of amides is 1. The van der Waals surface area contributed by atoms with E-state index in [1.807, 2.05) is 30.3 Å². The third-order valence-corrected chi connectivity index (χ3v) is 7.26. The maximum Gasteiger partial charge on any atom is 0.230 e. The first-order chi connectivity index (χ1) is 13.5. The molecule has 28 heavy (non-hydrogen) atoms. The van der Waals surface area contributed by atoms with Crippen LogP contribution in [0.1, 0.15) is 43.2 Å². The maximum absolute atomic E-state index is 13.5. The van der Waals surface area contributed by atoms with Crippen molar-refractivity contribution in [2.75, 3.05) is 19.8 Å². The van der Waals surface area contributed by atoms with Gasteiger partial charge in [0.25, 0.3) is 0 Å². The number of nitrogens with one attached hydrogen (secondary N) is 1. The van der Waals surface area contributed by atoms with Crippen LogP contribution in [-0.4, -0.2) is 25.7 Å². The SMILES string of the molecule is O=C(NCC1(c2cccc(Br)c2)CCC1)C1(c2ccc(Cl)cc2)CCOCC1. The Hall–Kier alpha value is -1.36. The van der Waals surface area contributed by atoms with Crippen molar-refractivity contribution in [1.82, 2.24) is 5.32 Å². The third-order valence-electron chi connectivity index (χ3n) is 6.51. The minimum absolute atomic E-state index is 0.0474. The molecular formula is C23H25BrClNO2. The van der Waals surface area contributed by atoms with E-state index in [9.17, 15) is 4.79 Å². The Balaban J connectivity index is 1.55. The van der Waals surface area contributed by atoms with Crippen molar-refractivity contribution < 1.29 is 9.53 Å². The summed E-state index contributed by atoms with van der Waals surface area (Å²) in [6, 6.07) is 16.2. The third kappa shape index (κ3) is 3.74. The minimum atomic E-state index is -0.537. The van der Waals surface area contributed by atoms with Crippen molar-refractivity contribution in [3.05, 3.63) is 69.2 Å². The van der Waals surface area contributed by atoms with Gasteiger partial charge >= 0.3 is 0 Å². The molecule has 1 saturated carbocycles. The molecule has 0 aromatic heterocycles. The molecule has 3 nitrogen and oxygen atoms in total. The van der Waals surface area contributed by atoms with Crippen LogP contribution < -0.4 is 5.32 Å². The molecule has 1 heterocycles. The zero-order valence-electron chi connectivity index (χ0n) is 15.8. The number of halogens is 2. The average Bonchev–Trinajstić information content (AvgIpc) is 2.68. The van der Waals surface area contributed by atoms with E-state index in [1.165, 1.54) is 12.0 Å². The van der Waals surface area contributed by atoms with Gasteiger partial charge in [0.05, 0.1) is 5.41 Å². The van der Waals surface area contributed by atoms with Gasteiger partial charge in [-0.25, -0.2) is 0 Å². The standard InChI is InChI=1S/C23H25BrClNO2/c24-19-4-1-3-18(15-19)22(9-2-10-22)16-26-21(27)23(11-13-28-14-12-23)17-5-7-20(25)8-6-17/h1,3-8,15H,2,9-14,16H2,(H,26,27). The molecule has 1 amide bonds. The average molecular weight is 463 g/mol. The van der Waals surface area contributed by atoms with E-state index in [1.54, 1.807) is 0 Å². The normalized spacial score (nSPS) is 20.2. The Labute approximate surface area is 179 Å². The second-order valence-electron chi connectivity index (χ2n) is 8.03. The number of carbonyl (C=O) groups excluding carboxylic acids is 1. The van der Waals surface area contributed by atoms with E-state index in [4.69, 9.17) is 16.3 Å². The molecule has 1 N–H and O–H groups in total. The second kappa shape index (κ2) is 8.17. The molecule has 0 atom stereocenters. The number of rotatable bonds is 5. The zero-order chi connectivity index (χ0) is 19.6. The first kappa shape index (κ1) is 19.9. The van der Waals surface area contributed by atoms with Gasteiger partial charge in [-0.05, 0) is 61.1 Å². The van der Waals surface area contributed by atoms with Crippen LogP contribution >= 0.6 is 27.5 Å². The summed E-state index contributed by atoms with van der Waals surface area (Å²) >= 11 is 9.66. The first-order valence-electron chi connectivity index (χ1n) is 9.92. The molecule has 1 aliphatic carbocycles. The van der Waals surface area contributed by atoms with Gasteiger partial charge in [0.15, 0.2) is 0 Å². The van der Waals surface area contributed by atoms with Crippen LogP contribution in [0.3, 0.4) is 0 Å². The van der Waals surface area contributed by atoms with Gasteiger partial charge in [-0.15, -0.1) is 0 Å². The van der Waals surface area contributed by atoms with Crippen molar-refractivity contribution in [3.8, 4) is 0 Å². The molecule has 0 radical (unpaired) electrons. The van der Waals surface area contributed by atoms with Crippen LogP contribution in [0.25, 0.3) is 0 Å². The molecular weight excluding hydrogens is 438 g/mol. The van der Waals surface area contributed by atoms with Crippen molar-refractivity contribution in [2.24, 2.45) is 0 Å². The molecule has 1 aliphatic heterocycles. The van der Waals surface area contributed by atoms with Gasteiger partial charge in [0, 0.05) is 34.7 Å². The number of hydrogen-bond acceptors (Lipinski definition) is 2. The molecule has 5 heteroatoms. The molecule has 1 saturated heterocycles. The van der Waals surface area contributed by atoms with Gasteiger partial charge in [-0.2, -0.15) is 0 Å². The molecule has 2 aromatic carbocycles. The summed E-state index contributed by atoms with van der Waals surface area (Å²) in [6.45, 7) is 1.89. The Morgan fingerprint density at radius 3 is 2.36 bits per heavy atom. The lowest BCUT2D eigenvalue weighted by Gasteiger charge is -2.44. The summed E-state index contributed by atoms with van der Waals surface area (Å²) in [7, 11) is 0. The van der Waals surface area contributed by atoms with Crippen LogP contribution in [0, 0.1) is 0 Å². The zero-order valence-corrected chi connectivity index (χ0v) is 18.2. The highest BCUT2D eigenvalue weighted by atomic mass is 79.9. The lowest BCUT2D eigenvalue weighted by molar-refractivity contribution is -0.131. The van der Waals surface area contributed by atoms with Crippen molar-refractivity contribution >= 4 is 33.4 Å². The molecule has 0 spiro atoms. The fourth-order valence-corrected chi connectivity index (χ4v) is 5.07. The molecule has 0 unspecified atom stereocenters. The number of ether oxygens (including phenoxy) is 1. The van der Waals surface area contributed by atoms with Gasteiger partial charge in [-0.3, -0.25) is 4.79 Å². The summed E-state index contributed by atoms with van der Waals surface area (Å²) in [5, 5.41) is 4.01. The Morgan fingerprint density at radius 1 is 1.04 bits per heavy atom. The molecule has 2 aliphatic rings. The van der Waals surface area contributed by atoms with Gasteiger partial charge in [0.2, 0.25) is 5.91 Å². The molecule has 2 aromatic rings. The van der Waals surface area contributed by atoms with E-state index in [2.05, 4.69) is 39.4 Å². The quantitative estimate of drug-likeness (QED) is 0.647. The number of benzene rings is 2. The van der Waals surface area contributed by atoms with E-state index in [-0.39, 0.29) is 11.3 Å². The highest BCUT2D eigenvalue weighted by molar-refractivity contribution is 9.10. The van der Waals surface area contributed by atoms with E-state index in [0.29, 0.717) is 37.6 Å². The highest BCUT2D eigenvalue weighted by Gasteiger charge is 2.44. The van der Waals surface area contributed by atoms with Crippen LogP contribution in [-0.2, 0) is 20.4 Å². The Kier molecular flexibility index (Phi) is 5.82. The monoisotopic (exact) mass is 461 g/mol. The highest BCUT2D eigenvalue weighted by Crippen LogP contribution is 2.44. The topological polar surface area (TPSA) is 38.3 Å². The predicted octanol–water partition coefficient (Wildman–Crippen LogP) is 5.39. The first-order valence-corrected chi connectivity index (χ1v) is 11.1. The fourth-order valence-electron chi connectivity index (χ4n) is 4.54. The molecule has 2 fully saturated rings. The Bertz CT molecular complexity index is 842. The van der Waals surface area contributed by atoms with Gasteiger partial charge < -0.3 is 10.1 Å². The molecule has 0 bridgehead atoms. The lowest BCUT2D eigenvalue weighted by Crippen LogP contribution is -2.53. The molecule has 4 rings (SSSR count). The Morgan fingerprint density at radius 2 is 1.75 bits per heavy atom. The summed E-state index contributed by atoms with van der Waals surface area (Å²) < 4.78 is 6.66. The van der Waals surface area contributed by atoms with Crippen LogP contribution in [0.4, 0.5) is 0 Å². The van der Waals surface area contributed by atoms with E-state index < -0.39 is 5.41 Å². The fraction of sp³-hybridized carbons (Fsp3) is 0.435. The second-order valence-corrected chi connectivity index (χ2v) is 9.38. The van der Waals surface area contributed by atoms with E-state index in [0.717, 1.165) is 22.9 Å². The van der Waals surface area contributed by atoms with Crippen LogP contribution in [0.2, 0.25) is 5.02 Å². The predicted molar refractivity (Wildman–Crippen MR) is 116 cm³/mol. The summed E-state index contributed by atoms with van der Waals surface area (Å²) in [4.78, 5) is 13.5. The van der Waals surface area contributed by atoms with Crippen LogP contribution in [0.15, 0.2) is 53.0 Å². The minimum Gasteiger partial charge on any atom is -0.381 e. The summed E-state index contributed by atoms with van der Waals surface area (Å²) in [6.07, 6.45) is 4.83. The van der Waals surface area contributed by atoms with E-state index >= 15 is 0 Å². The van der Waals surface area contributed by atoms with Gasteiger partial charge in [-0.1, -0.05) is 58.2 Å². The van der Waals surface area contributed by atoms with Gasteiger partial charge in [0.1, 0.15) is 0 Å². The molecule has 148 valence electrons. The summed E-state index contributed by atoms with van der Waals surface area (Å²) in [5.41, 5.74) is 1.85. The lowest BCUT2D eigenvalue weighted by atomic mass is 9.64. The van der Waals surface area contributed by atoms with Crippen molar-refractivity contribution in [3.63, 3.8) is 0 Å². The number of hydrogen-bond donors (Lipinski definition) is 1. The largest absolute Gasteiger partial charge is 0.381 e. The maximum atomic E-state index is 13.5. The number of carbonyl (C=O) groups is 1. The van der Waals surface area contributed by atoms with Crippen LogP contribution in [0.5, 0.6) is 0 Å². The van der Waals surface area contributed by atoms with Crippen molar-refractivity contribution in [1.29, 1.82) is 0 Å².